The Morgan fingerprint density at radius 3 is 2.22 bits per heavy atom. The van der Waals surface area contributed by atoms with Gasteiger partial charge in [-0.3, -0.25) is 0 Å². The number of thiophene rings is 1. The van der Waals surface area contributed by atoms with Crippen LogP contribution in [-0.4, -0.2) is 8.07 Å². The van der Waals surface area contributed by atoms with Crippen LogP contribution in [0.5, 0.6) is 0 Å². The Balaban J connectivity index is 0.000000261. The number of benzene rings is 2. The predicted octanol–water partition coefficient (Wildman–Crippen LogP) is 4.00. The minimum atomic E-state index is -0.995. The Kier molecular flexibility index (Phi) is 11.4. The summed E-state index contributed by atoms with van der Waals surface area (Å²) in [5, 5.41) is 4.49. The fourth-order valence-electron chi connectivity index (χ4n) is 6.35. The van der Waals surface area contributed by atoms with E-state index in [0.29, 0.717) is 0 Å². The van der Waals surface area contributed by atoms with E-state index in [0.717, 1.165) is 5.54 Å². The summed E-state index contributed by atoms with van der Waals surface area (Å²) in [6, 6.07) is 22.7. The minimum absolute atomic E-state index is 0. The normalized spacial score (nSPS) is 16.0. The quantitative estimate of drug-likeness (QED) is 0.175. The molecule has 5 heteroatoms. The van der Waals surface area contributed by atoms with Gasteiger partial charge in [0.1, 0.15) is 0 Å². The van der Waals surface area contributed by atoms with Crippen LogP contribution in [-0.2, 0) is 32.6 Å². The van der Waals surface area contributed by atoms with Gasteiger partial charge in [-0.1, -0.05) is 86.4 Å². The van der Waals surface area contributed by atoms with Gasteiger partial charge in [0.05, 0.1) is 8.07 Å². The van der Waals surface area contributed by atoms with Gasteiger partial charge in [0.15, 0.2) is 0 Å². The zero-order valence-corrected chi connectivity index (χ0v) is 28.6. The summed E-state index contributed by atoms with van der Waals surface area (Å²) in [4.78, 5) is 3.19. The smallest absolute Gasteiger partial charge is 1.00 e. The Bertz CT molecular complexity index is 1380. The summed E-state index contributed by atoms with van der Waals surface area (Å²) in [5.74, 6) is 0. The molecule has 37 heavy (non-hydrogen) atoms. The average molecular weight is 644 g/mol. The van der Waals surface area contributed by atoms with Gasteiger partial charge in [0.2, 0.25) is 0 Å². The summed E-state index contributed by atoms with van der Waals surface area (Å²) >= 11 is 2.03. The second-order valence-electron chi connectivity index (χ2n) is 10.8. The molecule has 1 aliphatic carbocycles. The molecular weight excluding hydrogens is 607 g/mol. The van der Waals surface area contributed by atoms with Crippen molar-refractivity contribution in [2.75, 3.05) is 0 Å². The van der Waals surface area contributed by atoms with Gasteiger partial charge in [0.25, 0.3) is 0 Å². The number of fused-ring (bicyclic) bond motifs is 1. The van der Waals surface area contributed by atoms with Crippen LogP contribution in [0.1, 0.15) is 65.1 Å². The van der Waals surface area contributed by atoms with E-state index in [9.17, 15) is 0 Å². The third-order valence-corrected chi connectivity index (χ3v) is 13.3. The predicted molar refractivity (Wildman–Crippen MR) is 155 cm³/mol. The van der Waals surface area contributed by atoms with Crippen molar-refractivity contribution in [2.45, 2.75) is 72.0 Å². The number of halogens is 2. The Labute approximate surface area is 260 Å². The van der Waals surface area contributed by atoms with Gasteiger partial charge in [-0.15, -0.1) is 45.9 Å². The molecule has 2 aliphatic heterocycles. The molecule has 1 atom stereocenters. The molecule has 4 aromatic rings. The summed E-state index contributed by atoms with van der Waals surface area (Å²) in [6.45, 7) is 14.0. The molecule has 1 aromatic heterocycles. The van der Waals surface area contributed by atoms with E-state index in [1.54, 1.807) is 21.2 Å². The van der Waals surface area contributed by atoms with E-state index in [1.165, 1.54) is 63.6 Å². The van der Waals surface area contributed by atoms with Gasteiger partial charge in [-0.25, -0.2) is 0 Å². The van der Waals surface area contributed by atoms with E-state index >= 15 is 0 Å². The van der Waals surface area contributed by atoms with Gasteiger partial charge >= 0.3 is 26.2 Å². The van der Waals surface area contributed by atoms with Crippen molar-refractivity contribution < 1.29 is 51.0 Å². The van der Waals surface area contributed by atoms with Crippen LogP contribution in [0.2, 0.25) is 13.1 Å². The van der Waals surface area contributed by atoms with E-state index in [1.807, 2.05) is 11.3 Å². The van der Waals surface area contributed by atoms with Crippen molar-refractivity contribution in [2.24, 2.45) is 0 Å². The first-order valence-electron chi connectivity index (χ1n) is 12.9. The Morgan fingerprint density at radius 1 is 0.892 bits per heavy atom. The maximum Gasteiger partial charge on any atom is 3.00 e. The fourth-order valence-corrected chi connectivity index (χ4v) is 12.8. The molecule has 0 fully saturated rings. The van der Waals surface area contributed by atoms with Crippen molar-refractivity contribution in [1.82, 2.24) is 0 Å². The SMILES string of the molecule is CC1=C2c3cc(C)sc3C1[Si]2(C)C.CCCCCc1ccc(-c2cccc3[cH-]c(C)cc23)cc1.[Cl-].[Cl-].[Zr+3]. The molecule has 0 spiro atoms. The second kappa shape index (κ2) is 13.0. The summed E-state index contributed by atoms with van der Waals surface area (Å²) < 4.78 is 0. The molecule has 0 saturated heterocycles. The molecule has 2 bridgehead atoms. The molecule has 193 valence electrons. The second-order valence-corrected chi connectivity index (χ2v) is 16.7. The topological polar surface area (TPSA) is 0 Å². The molecule has 0 amide bonds. The van der Waals surface area contributed by atoms with E-state index in [2.05, 4.69) is 101 Å². The maximum absolute atomic E-state index is 2.52. The summed E-state index contributed by atoms with van der Waals surface area (Å²) in [7, 11) is -0.995. The zero-order valence-electron chi connectivity index (χ0n) is 22.8. The van der Waals surface area contributed by atoms with Gasteiger partial charge < -0.3 is 24.8 Å². The maximum atomic E-state index is 2.52. The first-order chi connectivity index (χ1) is 16.3. The number of hydrogen-bond donors (Lipinski definition) is 0. The van der Waals surface area contributed by atoms with Gasteiger partial charge in [-0.2, -0.15) is 6.07 Å². The fraction of sp³-hybridized carbons (Fsp3) is 0.344. The molecule has 1 radical (unpaired) electrons. The van der Waals surface area contributed by atoms with Crippen LogP contribution in [0.3, 0.4) is 0 Å². The molecular formula is C32H37Cl2SSiZr. The molecule has 0 saturated carbocycles. The minimum Gasteiger partial charge on any atom is -1.00 e. The third-order valence-electron chi connectivity index (χ3n) is 7.84. The number of rotatable bonds is 5. The van der Waals surface area contributed by atoms with Crippen LogP contribution in [0.15, 0.2) is 66.2 Å². The van der Waals surface area contributed by atoms with Crippen LogP contribution < -0.4 is 24.8 Å². The first kappa shape index (κ1) is 32.4. The van der Waals surface area contributed by atoms with Crippen molar-refractivity contribution in [3.8, 4) is 11.1 Å². The first-order valence-corrected chi connectivity index (χ1v) is 16.8. The number of unbranched alkanes of at least 4 members (excludes halogenated alkanes) is 2. The van der Waals surface area contributed by atoms with E-state index < -0.39 is 8.07 Å². The molecule has 0 nitrogen and oxygen atoms in total. The van der Waals surface area contributed by atoms with Crippen molar-refractivity contribution in [1.29, 1.82) is 0 Å². The largest absolute Gasteiger partial charge is 3.00 e. The molecule has 3 aromatic carbocycles. The number of hydrogen-bond acceptors (Lipinski definition) is 1. The molecule has 3 aliphatic rings. The Hall–Kier alpha value is -0.830. The van der Waals surface area contributed by atoms with E-state index in [-0.39, 0.29) is 51.0 Å². The van der Waals surface area contributed by atoms with Crippen LogP contribution in [0, 0.1) is 13.8 Å². The van der Waals surface area contributed by atoms with Crippen LogP contribution >= 0.6 is 11.3 Å². The standard InChI is InChI=1S/C21H23.C11H14SSi.2ClH.Zr/c1-3-4-5-7-17-10-12-18(13-11-17)20-9-6-8-19-14-16(2)15-21(19)20;1-6-5-8-9(12-6)11-7(2)10(8)13(11,3)4;;;/h6,8-15H,3-5,7H2,1-2H3;5,11H,1-4H3;2*1H;/q-1;;;;+3/p-2. The summed E-state index contributed by atoms with van der Waals surface area (Å²) in [5.41, 5.74) is 9.67. The molecule has 1 unspecified atom stereocenters. The number of allylic oxidation sites excluding steroid dienone is 1. The van der Waals surface area contributed by atoms with Gasteiger partial charge in [-0.05, 0) is 49.4 Å². The third kappa shape index (κ3) is 6.02. The van der Waals surface area contributed by atoms with E-state index in [4.69, 9.17) is 0 Å². The summed E-state index contributed by atoms with van der Waals surface area (Å²) in [6.07, 6.45) is 5.12. The molecule has 0 N–H and O–H groups in total. The van der Waals surface area contributed by atoms with Crippen LogP contribution in [0.25, 0.3) is 27.1 Å². The Morgan fingerprint density at radius 2 is 1.59 bits per heavy atom. The zero-order chi connectivity index (χ0) is 24.0. The van der Waals surface area contributed by atoms with Gasteiger partial charge in [0, 0.05) is 15.3 Å². The van der Waals surface area contributed by atoms with Crippen molar-refractivity contribution >= 4 is 35.4 Å². The molecule has 7 rings (SSSR count). The average Bonchev–Trinajstić information content (AvgIpc) is 3.48. The monoisotopic (exact) mass is 641 g/mol. The van der Waals surface area contributed by atoms with Crippen molar-refractivity contribution in [3.63, 3.8) is 0 Å². The molecule has 3 heterocycles. The van der Waals surface area contributed by atoms with Crippen LogP contribution in [0.4, 0.5) is 0 Å². The van der Waals surface area contributed by atoms with Crippen molar-refractivity contribution in [3.05, 3.63) is 92.7 Å². The number of aryl methyl sites for hydroxylation is 3.